The lowest BCUT2D eigenvalue weighted by Gasteiger charge is -2.28. The SMILES string of the molecule is N#CC1(Cc2cccs2)CCCCCCC1. The van der Waals surface area contributed by atoms with Crippen LogP contribution in [0.3, 0.4) is 0 Å². The molecule has 0 unspecified atom stereocenters. The third kappa shape index (κ3) is 2.86. The standard InChI is InChI=1S/C14H19NS/c15-12-14(11-13-7-6-10-16-13)8-4-2-1-3-5-9-14/h6-7,10H,1-5,8-9,11H2. The van der Waals surface area contributed by atoms with E-state index in [2.05, 4.69) is 23.6 Å². The second-order valence-corrected chi connectivity index (χ2v) is 5.95. The normalized spacial score (nSPS) is 20.7. The summed E-state index contributed by atoms with van der Waals surface area (Å²) in [6, 6.07) is 6.89. The minimum atomic E-state index is -0.0642. The van der Waals surface area contributed by atoms with Gasteiger partial charge in [0.25, 0.3) is 0 Å². The Labute approximate surface area is 102 Å². The lowest BCUT2D eigenvalue weighted by molar-refractivity contribution is 0.289. The minimum absolute atomic E-state index is 0.0642. The quantitative estimate of drug-likeness (QED) is 0.735. The molecule has 1 nitrogen and oxygen atoms in total. The fraction of sp³-hybridized carbons (Fsp3) is 0.643. The van der Waals surface area contributed by atoms with Crippen molar-refractivity contribution in [2.75, 3.05) is 0 Å². The summed E-state index contributed by atoms with van der Waals surface area (Å²) in [5.74, 6) is 0. The topological polar surface area (TPSA) is 23.8 Å². The highest BCUT2D eigenvalue weighted by atomic mass is 32.1. The zero-order valence-electron chi connectivity index (χ0n) is 9.74. The molecular weight excluding hydrogens is 214 g/mol. The molecule has 1 saturated carbocycles. The molecule has 1 aliphatic rings. The summed E-state index contributed by atoms with van der Waals surface area (Å²) in [4.78, 5) is 1.38. The van der Waals surface area contributed by atoms with Crippen molar-refractivity contribution in [2.24, 2.45) is 5.41 Å². The summed E-state index contributed by atoms with van der Waals surface area (Å²) in [7, 11) is 0. The Morgan fingerprint density at radius 2 is 1.88 bits per heavy atom. The number of rotatable bonds is 2. The molecule has 1 aromatic rings. The smallest absolute Gasteiger partial charge is 0.0693 e. The molecule has 86 valence electrons. The molecule has 0 aromatic carbocycles. The lowest BCUT2D eigenvalue weighted by Crippen LogP contribution is -2.22. The molecular formula is C14H19NS. The van der Waals surface area contributed by atoms with E-state index in [-0.39, 0.29) is 5.41 Å². The summed E-state index contributed by atoms with van der Waals surface area (Å²) < 4.78 is 0. The fourth-order valence-electron chi connectivity index (χ4n) is 2.66. The Bertz CT molecular complexity index is 339. The number of hydrogen-bond donors (Lipinski definition) is 0. The van der Waals surface area contributed by atoms with Gasteiger partial charge in [-0.25, -0.2) is 0 Å². The summed E-state index contributed by atoms with van der Waals surface area (Å²) in [6.45, 7) is 0. The van der Waals surface area contributed by atoms with E-state index in [1.165, 1.54) is 37.0 Å². The zero-order valence-corrected chi connectivity index (χ0v) is 10.6. The van der Waals surface area contributed by atoms with Crippen LogP contribution in [-0.4, -0.2) is 0 Å². The van der Waals surface area contributed by atoms with E-state index in [9.17, 15) is 5.26 Å². The molecule has 1 aromatic heterocycles. The number of hydrogen-bond acceptors (Lipinski definition) is 2. The van der Waals surface area contributed by atoms with Gasteiger partial charge in [-0.15, -0.1) is 11.3 Å². The van der Waals surface area contributed by atoms with Gasteiger partial charge < -0.3 is 0 Å². The average Bonchev–Trinajstić information content (AvgIpc) is 2.75. The largest absolute Gasteiger partial charge is 0.198 e. The van der Waals surface area contributed by atoms with Crippen molar-refractivity contribution < 1.29 is 0 Å². The van der Waals surface area contributed by atoms with Crippen LogP contribution in [0.1, 0.15) is 49.8 Å². The molecule has 0 spiro atoms. The molecule has 0 N–H and O–H groups in total. The maximum Gasteiger partial charge on any atom is 0.0693 e. The van der Waals surface area contributed by atoms with Crippen LogP contribution in [0.15, 0.2) is 17.5 Å². The van der Waals surface area contributed by atoms with Gasteiger partial charge in [0.15, 0.2) is 0 Å². The molecule has 0 amide bonds. The molecule has 0 atom stereocenters. The van der Waals surface area contributed by atoms with Gasteiger partial charge in [0, 0.05) is 11.3 Å². The Morgan fingerprint density at radius 1 is 1.19 bits per heavy atom. The van der Waals surface area contributed by atoms with Crippen LogP contribution in [-0.2, 0) is 6.42 Å². The molecule has 0 saturated heterocycles. The molecule has 1 fully saturated rings. The molecule has 1 heterocycles. The van der Waals surface area contributed by atoms with Crippen molar-refractivity contribution in [1.29, 1.82) is 5.26 Å². The Hall–Kier alpha value is -0.810. The van der Waals surface area contributed by atoms with Gasteiger partial charge in [0.1, 0.15) is 0 Å². The van der Waals surface area contributed by atoms with Crippen LogP contribution in [0.2, 0.25) is 0 Å². The molecule has 0 aliphatic heterocycles. The molecule has 2 rings (SSSR count). The Balaban J connectivity index is 2.07. The summed E-state index contributed by atoms with van der Waals surface area (Å²) in [5, 5.41) is 11.6. The first-order valence-electron chi connectivity index (χ1n) is 6.28. The van der Waals surface area contributed by atoms with Gasteiger partial charge in [0.2, 0.25) is 0 Å². The molecule has 16 heavy (non-hydrogen) atoms. The van der Waals surface area contributed by atoms with Crippen molar-refractivity contribution in [3.8, 4) is 6.07 Å². The maximum atomic E-state index is 9.51. The van der Waals surface area contributed by atoms with Crippen molar-refractivity contribution >= 4 is 11.3 Å². The van der Waals surface area contributed by atoms with Crippen molar-refractivity contribution in [1.82, 2.24) is 0 Å². The second-order valence-electron chi connectivity index (χ2n) is 4.92. The van der Waals surface area contributed by atoms with Gasteiger partial charge in [0.05, 0.1) is 11.5 Å². The predicted octanol–water partition coefficient (Wildman–Crippen LogP) is 4.54. The van der Waals surface area contributed by atoms with E-state index in [1.54, 1.807) is 11.3 Å². The van der Waals surface area contributed by atoms with Crippen LogP contribution in [0.25, 0.3) is 0 Å². The van der Waals surface area contributed by atoms with Crippen molar-refractivity contribution in [3.63, 3.8) is 0 Å². The van der Waals surface area contributed by atoms with Crippen LogP contribution in [0.5, 0.6) is 0 Å². The second kappa shape index (κ2) is 5.50. The minimum Gasteiger partial charge on any atom is -0.198 e. The number of nitrogens with zero attached hydrogens (tertiary/aromatic N) is 1. The van der Waals surface area contributed by atoms with Crippen LogP contribution in [0.4, 0.5) is 0 Å². The first-order valence-corrected chi connectivity index (χ1v) is 7.16. The van der Waals surface area contributed by atoms with E-state index < -0.39 is 0 Å². The summed E-state index contributed by atoms with van der Waals surface area (Å²) in [5.41, 5.74) is -0.0642. The number of nitriles is 1. The summed E-state index contributed by atoms with van der Waals surface area (Å²) >= 11 is 1.79. The van der Waals surface area contributed by atoms with Gasteiger partial charge in [-0.1, -0.05) is 38.2 Å². The van der Waals surface area contributed by atoms with Gasteiger partial charge in [-0.3, -0.25) is 0 Å². The Kier molecular flexibility index (Phi) is 4.01. The van der Waals surface area contributed by atoms with Gasteiger partial charge >= 0.3 is 0 Å². The monoisotopic (exact) mass is 233 g/mol. The van der Waals surface area contributed by atoms with E-state index in [4.69, 9.17) is 0 Å². The highest BCUT2D eigenvalue weighted by molar-refractivity contribution is 7.09. The van der Waals surface area contributed by atoms with Gasteiger partial charge in [-0.2, -0.15) is 5.26 Å². The lowest BCUT2D eigenvalue weighted by atomic mass is 9.75. The number of thiophene rings is 1. The van der Waals surface area contributed by atoms with Crippen molar-refractivity contribution in [3.05, 3.63) is 22.4 Å². The van der Waals surface area contributed by atoms with Crippen LogP contribution in [0, 0.1) is 16.7 Å². The first-order chi connectivity index (χ1) is 7.85. The van der Waals surface area contributed by atoms with E-state index in [0.29, 0.717) is 0 Å². The highest BCUT2D eigenvalue weighted by Crippen LogP contribution is 2.37. The van der Waals surface area contributed by atoms with Gasteiger partial charge in [-0.05, 0) is 24.3 Å². The first kappa shape index (κ1) is 11.7. The van der Waals surface area contributed by atoms with Crippen LogP contribution < -0.4 is 0 Å². The van der Waals surface area contributed by atoms with Crippen molar-refractivity contribution in [2.45, 2.75) is 51.4 Å². The molecule has 1 aliphatic carbocycles. The highest BCUT2D eigenvalue weighted by Gasteiger charge is 2.30. The predicted molar refractivity (Wildman–Crippen MR) is 68.4 cm³/mol. The van der Waals surface area contributed by atoms with E-state index in [1.807, 2.05) is 0 Å². The van der Waals surface area contributed by atoms with E-state index in [0.717, 1.165) is 19.3 Å². The Morgan fingerprint density at radius 3 is 2.44 bits per heavy atom. The maximum absolute atomic E-state index is 9.51. The third-order valence-corrected chi connectivity index (χ3v) is 4.52. The molecule has 0 radical (unpaired) electrons. The fourth-order valence-corrected chi connectivity index (χ4v) is 3.51. The van der Waals surface area contributed by atoms with Crippen LogP contribution >= 0.6 is 11.3 Å². The third-order valence-electron chi connectivity index (χ3n) is 3.64. The van der Waals surface area contributed by atoms with E-state index >= 15 is 0 Å². The average molecular weight is 233 g/mol. The zero-order chi connectivity index (χ0) is 11.3. The molecule has 2 heteroatoms. The summed E-state index contributed by atoms with van der Waals surface area (Å²) in [6.07, 6.45) is 9.63. The molecule has 0 bridgehead atoms.